The van der Waals surface area contributed by atoms with Crippen LogP contribution in [-0.2, 0) is 5.41 Å². The van der Waals surface area contributed by atoms with E-state index < -0.39 is 0 Å². The Balaban J connectivity index is 1.76. The van der Waals surface area contributed by atoms with Gasteiger partial charge in [0.2, 0.25) is 4.96 Å². The highest BCUT2D eigenvalue weighted by atomic mass is 35.5. The van der Waals surface area contributed by atoms with E-state index in [9.17, 15) is 0 Å². The fourth-order valence-corrected chi connectivity index (χ4v) is 3.68. The summed E-state index contributed by atoms with van der Waals surface area (Å²) < 4.78 is 1.80. The van der Waals surface area contributed by atoms with Crippen molar-refractivity contribution < 1.29 is 0 Å². The summed E-state index contributed by atoms with van der Waals surface area (Å²) >= 11 is 7.59. The molecule has 0 N–H and O–H groups in total. The smallest absolute Gasteiger partial charge is 0.182 e. The highest BCUT2D eigenvalue weighted by molar-refractivity contribution is 7.19. The molecular formula is C19H17ClN4S. The third-order valence-corrected chi connectivity index (χ3v) is 5.25. The lowest BCUT2D eigenvalue weighted by atomic mass is 9.87. The summed E-state index contributed by atoms with van der Waals surface area (Å²) in [5, 5.41) is 14.8. The molecule has 2 heterocycles. The van der Waals surface area contributed by atoms with Crippen molar-refractivity contribution in [1.82, 2.24) is 19.8 Å². The summed E-state index contributed by atoms with van der Waals surface area (Å²) in [6.07, 6.45) is 0. The van der Waals surface area contributed by atoms with Crippen LogP contribution < -0.4 is 0 Å². The molecule has 0 atom stereocenters. The van der Waals surface area contributed by atoms with Crippen molar-refractivity contribution in [1.29, 1.82) is 0 Å². The van der Waals surface area contributed by atoms with Gasteiger partial charge in [0, 0.05) is 16.1 Å². The fourth-order valence-electron chi connectivity index (χ4n) is 2.65. The first-order valence-corrected chi connectivity index (χ1v) is 9.20. The predicted molar refractivity (Wildman–Crippen MR) is 103 cm³/mol. The molecule has 6 heteroatoms. The van der Waals surface area contributed by atoms with Gasteiger partial charge in [-0.1, -0.05) is 80.1 Å². The van der Waals surface area contributed by atoms with Crippen LogP contribution in [0.4, 0.5) is 0 Å². The topological polar surface area (TPSA) is 43.1 Å². The van der Waals surface area contributed by atoms with Gasteiger partial charge < -0.3 is 0 Å². The van der Waals surface area contributed by atoms with Crippen molar-refractivity contribution in [2.24, 2.45) is 0 Å². The lowest BCUT2D eigenvalue weighted by molar-refractivity contribution is 0.590. The van der Waals surface area contributed by atoms with Crippen molar-refractivity contribution in [2.45, 2.75) is 26.2 Å². The maximum absolute atomic E-state index is 6.09. The molecule has 0 aliphatic carbocycles. The fraction of sp³-hybridized carbons (Fsp3) is 0.211. The second-order valence-corrected chi connectivity index (χ2v) is 8.36. The molecule has 2 aromatic heterocycles. The minimum atomic E-state index is 0.124. The highest BCUT2D eigenvalue weighted by Crippen LogP contribution is 2.30. The van der Waals surface area contributed by atoms with Gasteiger partial charge in [-0.2, -0.15) is 9.61 Å². The summed E-state index contributed by atoms with van der Waals surface area (Å²) in [5.41, 5.74) is 3.40. The van der Waals surface area contributed by atoms with Crippen molar-refractivity contribution in [2.75, 3.05) is 0 Å². The average Bonchev–Trinajstić information content (AvgIpc) is 3.14. The summed E-state index contributed by atoms with van der Waals surface area (Å²) in [4.78, 5) is 0.768. The van der Waals surface area contributed by atoms with E-state index in [1.54, 1.807) is 4.52 Å². The van der Waals surface area contributed by atoms with E-state index in [0.717, 1.165) is 26.9 Å². The van der Waals surface area contributed by atoms with Gasteiger partial charge in [-0.05, 0) is 23.1 Å². The molecule has 0 aliphatic rings. The van der Waals surface area contributed by atoms with Crippen LogP contribution in [0.5, 0.6) is 0 Å². The Bertz CT molecular complexity index is 1040. The van der Waals surface area contributed by atoms with Gasteiger partial charge >= 0.3 is 0 Å². The molecule has 0 aliphatic heterocycles. The predicted octanol–water partition coefficient (Wildman–Crippen LogP) is 5.47. The van der Waals surface area contributed by atoms with Gasteiger partial charge in [0.15, 0.2) is 5.82 Å². The normalized spacial score (nSPS) is 12.0. The number of nitrogens with zero attached hydrogens (tertiary/aromatic N) is 4. The zero-order valence-corrected chi connectivity index (χ0v) is 15.8. The number of hydrogen-bond acceptors (Lipinski definition) is 4. The molecule has 4 aromatic rings. The van der Waals surface area contributed by atoms with Gasteiger partial charge in [0.25, 0.3) is 0 Å². The first-order chi connectivity index (χ1) is 11.9. The number of rotatable bonds is 2. The highest BCUT2D eigenvalue weighted by Gasteiger charge is 2.17. The standard InChI is InChI=1S/C19H17ClN4S/c1-19(2,3)14-9-7-12(8-10-14)16-21-22-18-24(16)23-17(25-18)13-5-4-6-15(20)11-13/h4-11H,1-3H3. The van der Waals surface area contributed by atoms with E-state index in [4.69, 9.17) is 11.6 Å². The van der Waals surface area contributed by atoms with E-state index in [-0.39, 0.29) is 5.41 Å². The zero-order valence-electron chi connectivity index (χ0n) is 14.2. The number of halogens is 1. The number of hydrogen-bond donors (Lipinski definition) is 0. The van der Waals surface area contributed by atoms with Gasteiger partial charge in [-0.25, -0.2) is 0 Å². The summed E-state index contributed by atoms with van der Waals surface area (Å²) in [6.45, 7) is 6.61. The molecular weight excluding hydrogens is 352 g/mol. The van der Waals surface area contributed by atoms with E-state index in [2.05, 4.69) is 60.3 Å². The first kappa shape index (κ1) is 16.2. The van der Waals surface area contributed by atoms with E-state index >= 15 is 0 Å². The van der Waals surface area contributed by atoms with E-state index in [1.165, 1.54) is 16.9 Å². The van der Waals surface area contributed by atoms with Gasteiger partial charge in [0.05, 0.1) is 0 Å². The molecule has 2 aromatic carbocycles. The molecule has 4 rings (SSSR count). The van der Waals surface area contributed by atoms with Gasteiger partial charge in [-0.3, -0.25) is 0 Å². The molecule has 0 spiro atoms. The minimum Gasteiger partial charge on any atom is -0.182 e. The molecule has 0 fully saturated rings. The molecule has 0 bridgehead atoms. The van der Waals surface area contributed by atoms with Crippen LogP contribution in [-0.4, -0.2) is 19.8 Å². The molecule has 25 heavy (non-hydrogen) atoms. The van der Waals surface area contributed by atoms with Crippen LogP contribution in [0.1, 0.15) is 26.3 Å². The zero-order chi connectivity index (χ0) is 17.6. The quantitative estimate of drug-likeness (QED) is 0.471. The van der Waals surface area contributed by atoms with Crippen molar-refractivity contribution in [3.63, 3.8) is 0 Å². The Morgan fingerprint density at radius 3 is 2.40 bits per heavy atom. The van der Waals surface area contributed by atoms with Crippen LogP contribution in [0.15, 0.2) is 48.5 Å². The SMILES string of the molecule is CC(C)(C)c1ccc(-c2nnc3sc(-c4cccc(Cl)c4)nn23)cc1. The molecule has 0 saturated heterocycles. The van der Waals surface area contributed by atoms with Crippen LogP contribution in [0, 0.1) is 0 Å². The Kier molecular flexibility index (Phi) is 3.85. The molecule has 0 saturated carbocycles. The van der Waals surface area contributed by atoms with Crippen LogP contribution in [0.25, 0.3) is 26.9 Å². The Labute approximate surface area is 155 Å². The Hall–Kier alpha value is -2.24. The minimum absolute atomic E-state index is 0.124. The number of fused-ring (bicyclic) bond motifs is 1. The van der Waals surface area contributed by atoms with Crippen molar-refractivity contribution in [3.05, 3.63) is 59.1 Å². The summed E-state index contributed by atoms with van der Waals surface area (Å²) in [6, 6.07) is 16.1. The summed E-state index contributed by atoms with van der Waals surface area (Å²) in [5.74, 6) is 0.750. The third kappa shape index (κ3) is 3.05. The third-order valence-electron chi connectivity index (χ3n) is 4.07. The Morgan fingerprint density at radius 2 is 1.72 bits per heavy atom. The molecule has 0 unspecified atom stereocenters. The Morgan fingerprint density at radius 1 is 0.960 bits per heavy atom. The van der Waals surface area contributed by atoms with E-state index in [0.29, 0.717) is 5.02 Å². The molecule has 0 radical (unpaired) electrons. The maximum atomic E-state index is 6.09. The number of benzene rings is 2. The van der Waals surface area contributed by atoms with Crippen molar-refractivity contribution in [3.8, 4) is 22.0 Å². The van der Waals surface area contributed by atoms with Gasteiger partial charge in [0.1, 0.15) is 5.01 Å². The van der Waals surface area contributed by atoms with Crippen molar-refractivity contribution >= 4 is 27.9 Å². The number of aromatic nitrogens is 4. The first-order valence-electron chi connectivity index (χ1n) is 8.01. The molecule has 126 valence electrons. The lowest BCUT2D eigenvalue weighted by Crippen LogP contribution is -2.10. The lowest BCUT2D eigenvalue weighted by Gasteiger charge is -2.18. The van der Waals surface area contributed by atoms with E-state index in [1.807, 2.05) is 24.3 Å². The van der Waals surface area contributed by atoms with Gasteiger partial charge in [-0.15, -0.1) is 10.2 Å². The molecule has 4 nitrogen and oxygen atoms in total. The maximum Gasteiger partial charge on any atom is 0.235 e. The second-order valence-electron chi connectivity index (χ2n) is 6.96. The molecule has 0 amide bonds. The summed E-state index contributed by atoms with van der Waals surface area (Å²) in [7, 11) is 0. The van der Waals surface area contributed by atoms with Crippen LogP contribution >= 0.6 is 22.9 Å². The monoisotopic (exact) mass is 368 g/mol. The largest absolute Gasteiger partial charge is 0.235 e. The van der Waals surface area contributed by atoms with Crippen LogP contribution in [0.2, 0.25) is 5.02 Å². The second kappa shape index (κ2) is 5.93. The van der Waals surface area contributed by atoms with Crippen LogP contribution in [0.3, 0.4) is 0 Å². The average molecular weight is 369 g/mol.